The van der Waals surface area contributed by atoms with E-state index in [0.717, 1.165) is 45.4 Å². The first-order valence-corrected chi connectivity index (χ1v) is 10.8. The first-order valence-electron chi connectivity index (χ1n) is 10.8. The summed E-state index contributed by atoms with van der Waals surface area (Å²) in [5.41, 5.74) is 4.02. The van der Waals surface area contributed by atoms with Crippen LogP contribution in [0.3, 0.4) is 0 Å². The van der Waals surface area contributed by atoms with Gasteiger partial charge in [-0.2, -0.15) is 5.10 Å². The van der Waals surface area contributed by atoms with E-state index in [9.17, 15) is 5.11 Å². The highest BCUT2D eigenvalue weighted by atomic mass is 16.5. The maximum atomic E-state index is 10.1. The van der Waals surface area contributed by atoms with Gasteiger partial charge in [-0.1, -0.05) is 0 Å². The summed E-state index contributed by atoms with van der Waals surface area (Å²) >= 11 is 0. The molecule has 3 fully saturated rings. The van der Waals surface area contributed by atoms with Crippen LogP contribution in [0.2, 0.25) is 0 Å². The summed E-state index contributed by atoms with van der Waals surface area (Å²) in [5.74, 6) is 0.565. The van der Waals surface area contributed by atoms with Gasteiger partial charge in [0.2, 0.25) is 0 Å². The first-order chi connectivity index (χ1) is 13.7. The Morgan fingerprint density at radius 2 is 1.96 bits per heavy atom. The Labute approximate surface area is 166 Å². The quantitative estimate of drug-likeness (QED) is 0.880. The molecular formula is C22H31N3O3. The molecule has 1 N–H and O–H groups in total. The van der Waals surface area contributed by atoms with Crippen LogP contribution in [0, 0.1) is 6.92 Å². The minimum absolute atomic E-state index is 0.0764. The predicted octanol–water partition coefficient (Wildman–Crippen LogP) is 2.98. The second kappa shape index (κ2) is 7.75. The van der Waals surface area contributed by atoms with E-state index in [1.165, 1.54) is 28.5 Å². The van der Waals surface area contributed by atoms with Crippen molar-refractivity contribution in [1.82, 2.24) is 14.7 Å². The summed E-state index contributed by atoms with van der Waals surface area (Å²) in [6.07, 6.45) is 7.39. The first kappa shape index (κ1) is 18.6. The zero-order valence-corrected chi connectivity index (χ0v) is 16.7. The Balaban J connectivity index is 1.36. The number of hydrogen-bond acceptors (Lipinski definition) is 5. The van der Waals surface area contributed by atoms with Gasteiger partial charge in [0.05, 0.1) is 37.1 Å². The maximum absolute atomic E-state index is 10.1. The van der Waals surface area contributed by atoms with Crippen LogP contribution in [0.5, 0.6) is 0 Å². The van der Waals surface area contributed by atoms with Crippen molar-refractivity contribution in [3.8, 4) is 0 Å². The summed E-state index contributed by atoms with van der Waals surface area (Å²) in [6, 6.07) is 4.83. The Morgan fingerprint density at radius 1 is 1.11 bits per heavy atom. The standard InChI is InChI=1S/C22H31N3O3/c1-15-10-17-12-23-25(22-4-2-3-9-28-22)19(17)11-18(15)16-5-7-24(8-6-16)20-13-27-14-21(20)26/h10-12,16,20-22,26H,2-9,13-14H2,1H3/t20-,21-,22?/m1/s1. The SMILES string of the molecule is Cc1cc2cnn(C3CCCCO3)c2cc1C1CCN([C@@H]2COC[C@H]2O)CC1. The number of piperidine rings is 1. The van der Waals surface area contributed by atoms with Crippen molar-refractivity contribution in [2.24, 2.45) is 0 Å². The van der Waals surface area contributed by atoms with Crippen molar-refractivity contribution in [2.45, 2.75) is 63.3 Å². The van der Waals surface area contributed by atoms with Crippen molar-refractivity contribution in [3.63, 3.8) is 0 Å². The van der Waals surface area contributed by atoms with Crippen molar-refractivity contribution in [2.75, 3.05) is 32.9 Å². The third-order valence-corrected chi connectivity index (χ3v) is 6.87. The molecule has 2 aromatic rings. The summed E-state index contributed by atoms with van der Waals surface area (Å²) < 4.78 is 13.5. The summed E-state index contributed by atoms with van der Waals surface area (Å²) in [4.78, 5) is 2.42. The molecule has 0 amide bonds. The molecule has 0 radical (unpaired) electrons. The van der Waals surface area contributed by atoms with Gasteiger partial charge in [0.25, 0.3) is 0 Å². The van der Waals surface area contributed by atoms with E-state index in [2.05, 4.69) is 33.7 Å². The van der Waals surface area contributed by atoms with Crippen LogP contribution in [0.25, 0.3) is 10.9 Å². The van der Waals surface area contributed by atoms with Gasteiger partial charge in [-0.15, -0.1) is 0 Å². The molecule has 4 heterocycles. The Hall–Kier alpha value is -1.47. The third kappa shape index (κ3) is 3.36. The molecular weight excluding hydrogens is 354 g/mol. The van der Waals surface area contributed by atoms with Gasteiger partial charge >= 0.3 is 0 Å². The highest BCUT2D eigenvalue weighted by Crippen LogP contribution is 2.35. The van der Waals surface area contributed by atoms with Gasteiger partial charge in [0.15, 0.2) is 6.23 Å². The van der Waals surface area contributed by atoms with Crippen LogP contribution in [0.4, 0.5) is 0 Å². The van der Waals surface area contributed by atoms with Crippen LogP contribution in [-0.2, 0) is 9.47 Å². The molecule has 5 rings (SSSR count). The second-order valence-electron chi connectivity index (χ2n) is 8.66. The van der Waals surface area contributed by atoms with Gasteiger partial charge in [0.1, 0.15) is 0 Å². The zero-order valence-electron chi connectivity index (χ0n) is 16.7. The minimum Gasteiger partial charge on any atom is -0.389 e. The Bertz CT molecular complexity index is 822. The lowest BCUT2D eigenvalue weighted by atomic mass is 9.85. The molecule has 6 heteroatoms. The van der Waals surface area contributed by atoms with Crippen molar-refractivity contribution >= 4 is 10.9 Å². The molecule has 1 aromatic carbocycles. The fourth-order valence-corrected chi connectivity index (χ4v) is 5.23. The van der Waals surface area contributed by atoms with Gasteiger partial charge in [-0.05, 0) is 81.3 Å². The topological polar surface area (TPSA) is 59.8 Å². The minimum atomic E-state index is -0.334. The summed E-state index contributed by atoms with van der Waals surface area (Å²) in [6.45, 7) is 6.26. The molecule has 0 aliphatic carbocycles. The Morgan fingerprint density at radius 3 is 2.68 bits per heavy atom. The number of hydrogen-bond donors (Lipinski definition) is 1. The normalized spacial score (nSPS) is 30.3. The van der Waals surface area contributed by atoms with E-state index >= 15 is 0 Å². The Kier molecular flexibility index (Phi) is 5.13. The van der Waals surface area contributed by atoms with Crippen molar-refractivity contribution in [3.05, 3.63) is 29.5 Å². The van der Waals surface area contributed by atoms with Crippen molar-refractivity contribution in [1.29, 1.82) is 0 Å². The molecule has 28 heavy (non-hydrogen) atoms. The average molecular weight is 386 g/mol. The fourth-order valence-electron chi connectivity index (χ4n) is 5.23. The highest BCUT2D eigenvalue weighted by molar-refractivity contribution is 5.80. The van der Waals surface area contributed by atoms with E-state index in [0.29, 0.717) is 19.1 Å². The molecule has 1 unspecified atom stereocenters. The molecule has 3 aliphatic rings. The number of aliphatic hydroxyl groups excluding tert-OH is 1. The average Bonchev–Trinajstić information content (AvgIpc) is 3.34. The molecule has 3 atom stereocenters. The molecule has 1 aromatic heterocycles. The van der Waals surface area contributed by atoms with E-state index in [-0.39, 0.29) is 18.4 Å². The lowest BCUT2D eigenvalue weighted by Gasteiger charge is -2.37. The lowest BCUT2D eigenvalue weighted by molar-refractivity contribution is -0.0366. The van der Waals surface area contributed by atoms with E-state index in [4.69, 9.17) is 9.47 Å². The molecule has 152 valence electrons. The number of rotatable bonds is 3. The van der Waals surface area contributed by atoms with E-state index in [1.807, 2.05) is 6.20 Å². The number of fused-ring (bicyclic) bond motifs is 1. The van der Waals surface area contributed by atoms with Gasteiger partial charge in [-0.25, -0.2) is 4.68 Å². The van der Waals surface area contributed by atoms with E-state index < -0.39 is 0 Å². The monoisotopic (exact) mass is 385 g/mol. The largest absolute Gasteiger partial charge is 0.389 e. The van der Waals surface area contributed by atoms with Crippen LogP contribution in [0.1, 0.15) is 55.4 Å². The molecule has 0 spiro atoms. The predicted molar refractivity (Wildman–Crippen MR) is 107 cm³/mol. The fraction of sp³-hybridized carbons (Fsp3) is 0.682. The number of aromatic nitrogens is 2. The molecule has 6 nitrogen and oxygen atoms in total. The second-order valence-corrected chi connectivity index (χ2v) is 8.66. The molecule has 3 saturated heterocycles. The highest BCUT2D eigenvalue weighted by Gasteiger charge is 2.34. The number of benzene rings is 1. The van der Waals surface area contributed by atoms with Crippen LogP contribution in [-0.4, -0.2) is 64.8 Å². The van der Waals surface area contributed by atoms with E-state index in [1.54, 1.807) is 0 Å². The number of ether oxygens (including phenoxy) is 2. The smallest absolute Gasteiger partial charge is 0.150 e. The van der Waals surface area contributed by atoms with Gasteiger partial charge in [-0.3, -0.25) is 4.90 Å². The third-order valence-electron chi connectivity index (χ3n) is 6.87. The number of aryl methyl sites for hydroxylation is 1. The maximum Gasteiger partial charge on any atom is 0.150 e. The number of aliphatic hydroxyl groups is 1. The van der Waals surface area contributed by atoms with Crippen LogP contribution >= 0.6 is 0 Å². The summed E-state index contributed by atoms with van der Waals surface area (Å²) in [7, 11) is 0. The number of likely N-dealkylation sites (tertiary alicyclic amines) is 1. The number of nitrogens with zero attached hydrogens (tertiary/aromatic N) is 3. The zero-order chi connectivity index (χ0) is 19.1. The van der Waals surface area contributed by atoms with Crippen LogP contribution < -0.4 is 0 Å². The lowest BCUT2D eigenvalue weighted by Crippen LogP contribution is -2.46. The van der Waals surface area contributed by atoms with Gasteiger partial charge in [0, 0.05) is 12.0 Å². The van der Waals surface area contributed by atoms with Crippen molar-refractivity contribution < 1.29 is 14.6 Å². The van der Waals surface area contributed by atoms with Crippen LogP contribution in [0.15, 0.2) is 18.3 Å². The molecule has 3 aliphatic heterocycles. The van der Waals surface area contributed by atoms with Gasteiger partial charge < -0.3 is 14.6 Å². The summed E-state index contributed by atoms with van der Waals surface area (Å²) in [5, 5.41) is 16.0. The molecule has 0 saturated carbocycles. The molecule has 0 bridgehead atoms.